The van der Waals surface area contributed by atoms with Crippen molar-refractivity contribution in [3.63, 3.8) is 0 Å². The number of fused-ring (bicyclic) bond motifs is 1. The predicted molar refractivity (Wildman–Crippen MR) is 107 cm³/mol. The van der Waals surface area contributed by atoms with Gasteiger partial charge in [-0.2, -0.15) is 5.10 Å². The largest absolute Gasteiger partial charge is 0.493 e. The van der Waals surface area contributed by atoms with E-state index in [0.29, 0.717) is 17.2 Å². The van der Waals surface area contributed by atoms with Crippen molar-refractivity contribution in [2.45, 2.75) is 20.0 Å². The van der Waals surface area contributed by atoms with Gasteiger partial charge in [0.05, 0.1) is 19.4 Å². The van der Waals surface area contributed by atoms with Crippen LogP contribution in [0, 0.1) is 0 Å². The zero-order valence-corrected chi connectivity index (χ0v) is 15.9. The number of carbonyl (C=O) groups is 1. The van der Waals surface area contributed by atoms with Crippen molar-refractivity contribution >= 4 is 23.0 Å². The summed E-state index contributed by atoms with van der Waals surface area (Å²) in [5.41, 5.74) is 4.92. The van der Waals surface area contributed by atoms with Crippen LogP contribution in [0.2, 0.25) is 0 Å². The Kier molecular flexibility index (Phi) is 5.45. The second-order valence-corrected chi connectivity index (χ2v) is 6.42. The molecule has 1 N–H and O–H groups in total. The van der Waals surface area contributed by atoms with Gasteiger partial charge in [-0.15, -0.1) is 0 Å². The number of para-hydroxylation sites is 1. The Labute approximate surface area is 158 Å². The van der Waals surface area contributed by atoms with E-state index >= 15 is 0 Å². The molecule has 140 valence electrons. The molecule has 1 aromatic heterocycles. The number of aryl methyl sites for hydroxylation is 1. The highest BCUT2D eigenvalue weighted by Gasteiger charge is 2.12. The molecule has 3 aromatic rings. The number of nitrogens with one attached hydrogen (secondary N) is 1. The summed E-state index contributed by atoms with van der Waals surface area (Å²) in [5, 5.41) is 5.08. The maximum absolute atomic E-state index is 12.4. The summed E-state index contributed by atoms with van der Waals surface area (Å²) in [6.45, 7) is 3.90. The fourth-order valence-corrected chi connectivity index (χ4v) is 2.85. The number of hydrogen-bond donors (Lipinski definition) is 1. The topological polar surface area (TPSA) is 64.8 Å². The van der Waals surface area contributed by atoms with E-state index in [-0.39, 0.29) is 12.0 Å². The molecule has 0 aliphatic rings. The summed E-state index contributed by atoms with van der Waals surface area (Å²) >= 11 is 0. The Morgan fingerprint density at radius 2 is 1.93 bits per heavy atom. The van der Waals surface area contributed by atoms with E-state index in [1.165, 1.54) is 0 Å². The van der Waals surface area contributed by atoms with Gasteiger partial charge in [0.1, 0.15) is 5.69 Å². The Morgan fingerprint density at radius 3 is 2.63 bits per heavy atom. The molecule has 0 aliphatic carbocycles. The number of methoxy groups -OCH3 is 1. The third kappa shape index (κ3) is 4.11. The van der Waals surface area contributed by atoms with Crippen molar-refractivity contribution in [3.8, 4) is 11.5 Å². The minimum Gasteiger partial charge on any atom is -0.493 e. The lowest BCUT2D eigenvalue weighted by Crippen LogP contribution is -2.20. The fourth-order valence-electron chi connectivity index (χ4n) is 2.85. The van der Waals surface area contributed by atoms with Crippen LogP contribution in [-0.2, 0) is 7.05 Å². The first kappa shape index (κ1) is 18.5. The highest BCUT2D eigenvalue weighted by atomic mass is 16.5. The Morgan fingerprint density at radius 1 is 1.15 bits per heavy atom. The van der Waals surface area contributed by atoms with Crippen molar-refractivity contribution in [2.24, 2.45) is 12.1 Å². The van der Waals surface area contributed by atoms with Gasteiger partial charge < -0.3 is 14.0 Å². The second kappa shape index (κ2) is 7.95. The van der Waals surface area contributed by atoms with E-state index in [2.05, 4.69) is 10.5 Å². The number of hydrogen-bond acceptors (Lipinski definition) is 4. The zero-order valence-electron chi connectivity index (χ0n) is 15.9. The summed E-state index contributed by atoms with van der Waals surface area (Å²) in [7, 11) is 3.46. The van der Waals surface area contributed by atoms with Crippen LogP contribution in [-0.4, -0.2) is 29.9 Å². The quantitative estimate of drug-likeness (QED) is 0.535. The van der Waals surface area contributed by atoms with E-state index in [1.54, 1.807) is 13.3 Å². The van der Waals surface area contributed by atoms with Crippen LogP contribution < -0.4 is 14.9 Å². The number of hydrazone groups is 1. The monoisotopic (exact) mass is 365 g/mol. The number of ether oxygens (including phenoxy) is 2. The average molecular weight is 365 g/mol. The number of aromatic nitrogens is 1. The molecule has 0 bridgehead atoms. The molecule has 6 heteroatoms. The van der Waals surface area contributed by atoms with Crippen LogP contribution in [0.25, 0.3) is 10.9 Å². The smallest absolute Gasteiger partial charge is 0.287 e. The lowest BCUT2D eigenvalue weighted by Gasteiger charge is -2.13. The molecule has 0 atom stereocenters. The lowest BCUT2D eigenvalue weighted by molar-refractivity contribution is 0.0947. The third-order valence-corrected chi connectivity index (χ3v) is 4.11. The first-order chi connectivity index (χ1) is 13.0. The Balaban J connectivity index is 1.74. The Hall–Kier alpha value is -3.28. The van der Waals surface area contributed by atoms with Gasteiger partial charge in [0.15, 0.2) is 11.5 Å². The molecule has 27 heavy (non-hydrogen) atoms. The van der Waals surface area contributed by atoms with Crippen molar-refractivity contribution in [1.82, 2.24) is 9.99 Å². The highest BCUT2D eigenvalue weighted by Crippen LogP contribution is 2.28. The zero-order chi connectivity index (χ0) is 19.4. The number of carbonyl (C=O) groups excluding carboxylic acids is 1. The normalized spacial score (nSPS) is 11.3. The standard InChI is InChI=1S/C21H23N3O3/c1-14(2)27-20-11-15(9-10-19(20)26-4)13-22-23-21(25)18-12-16-7-5-6-8-17(16)24(18)3/h5-14H,1-4H3,(H,23,25)/b22-13+. The van der Waals surface area contributed by atoms with E-state index in [9.17, 15) is 4.79 Å². The molecule has 0 fully saturated rings. The van der Waals surface area contributed by atoms with Gasteiger partial charge in [-0.25, -0.2) is 5.43 Å². The second-order valence-electron chi connectivity index (χ2n) is 6.42. The molecule has 1 heterocycles. The summed E-state index contributed by atoms with van der Waals surface area (Å²) in [5.74, 6) is 1.02. The van der Waals surface area contributed by atoms with Crippen molar-refractivity contribution in [3.05, 3.63) is 59.8 Å². The molecule has 0 spiro atoms. The molecule has 0 radical (unpaired) electrons. The molecular formula is C21H23N3O3. The van der Waals surface area contributed by atoms with E-state index in [0.717, 1.165) is 16.5 Å². The minimum absolute atomic E-state index is 0.0252. The number of nitrogens with zero attached hydrogens (tertiary/aromatic N) is 2. The van der Waals surface area contributed by atoms with Gasteiger partial charge in [-0.1, -0.05) is 18.2 Å². The minimum atomic E-state index is -0.267. The maximum atomic E-state index is 12.4. The van der Waals surface area contributed by atoms with Crippen molar-refractivity contribution < 1.29 is 14.3 Å². The number of amides is 1. The summed E-state index contributed by atoms with van der Waals surface area (Å²) in [4.78, 5) is 12.4. The van der Waals surface area contributed by atoms with Crippen LogP contribution in [0.3, 0.4) is 0 Å². The molecule has 2 aromatic carbocycles. The molecule has 0 saturated carbocycles. The number of benzene rings is 2. The summed E-state index contributed by atoms with van der Waals surface area (Å²) < 4.78 is 12.9. The summed E-state index contributed by atoms with van der Waals surface area (Å²) in [6, 6.07) is 15.2. The van der Waals surface area contributed by atoms with Crippen LogP contribution in [0.1, 0.15) is 29.9 Å². The molecule has 3 rings (SSSR count). The van der Waals surface area contributed by atoms with Crippen LogP contribution >= 0.6 is 0 Å². The average Bonchev–Trinajstić information content (AvgIpc) is 2.99. The van der Waals surface area contributed by atoms with Crippen LogP contribution in [0.15, 0.2) is 53.6 Å². The fraction of sp³-hybridized carbons (Fsp3) is 0.238. The van der Waals surface area contributed by atoms with Crippen LogP contribution in [0.4, 0.5) is 0 Å². The molecule has 1 amide bonds. The van der Waals surface area contributed by atoms with E-state index in [1.807, 2.05) is 74.0 Å². The first-order valence-electron chi connectivity index (χ1n) is 8.72. The highest BCUT2D eigenvalue weighted by molar-refractivity contribution is 5.99. The van der Waals surface area contributed by atoms with Crippen LogP contribution in [0.5, 0.6) is 11.5 Å². The predicted octanol–water partition coefficient (Wildman–Crippen LogP) is 3.74. The van der Waals surface area contributed by atoms with Gasteiger partial charge in [-0.05, 0) is 49.7 Å². The van der Waals surface area contributed by atoms with Gasteiger partial charge >= 0.3 is 0 Å². The SMILES string of the molecule is COc1ccc(/C=N/NC(=O)c2cc3ccccc3n2C)cc1OC(C)C. The van der Waals surface area contributed by atoms with Crippen molar-refractivity contribution in [2.75, 3.05) is 7.11 Å². The number of rotatable bonds is 6. The summed E-state index contributed by atoms with van der Waals surface area (Å²) in [6.07, 6.45) is 1.60. The third-order valence-electron chi connectivity index (χ3n) is 4.11. The molecular weight excluding hydrogens is 342 g/mol. The van der Waals surface area contributed by atoms with E-state index in [4.69, 9.17) is 9.47 Å². The molecule has 0 unspecified atom stereocenters. The first-order valence-corrected chi connectivity index (χ1v) is 8.72. The van der Waals surface area contributed by atoms with Crippen molar-refractivity contribution in [1.29, 1.82) is 0 Å². The van der Waals surface area contributed by atoms with Gasteiger partial charge in [0.2, 0.25) is 0 Å². The maximum Gasteiger partial charge on any atom is 0.287 e. The van der Waals surface area contributed by atoms with Gasteiger partial charge in [0, 0.05) is 18.0 Å². The van der Waals surface area contributed by atoms with Gasteiger partial charge in [-0.3, -0.25) is 4.79 Å². The molecule has 6 nitrogen and oxygen atoms in total. The Bertz CT molecular complexity index is 990. The van der Waals surface area contributed by atoms with Gasteiger partial charge in [0.25, 0.3) is 5.91 Å². The van der Waals surface area contributed by atoms with E-state index < -0.39 is 0 Å². The molecule has 0 saturated heterocycles. The lowest BCUT2D eigenvalue weighted by atomic mass is 10.2. The molecule has 0 aliphatic heterocycles.